The quantitative estimate of drug-likeness (QED) is 0.217. The van der Waals surface area contributed by atoms with Gasteiger partial charge < -0.3 is 36.4 Å². The fraction of sp³-hybridized carbons (Fsp3) is 0.167. The number of nitrogens with zero attached hydrogens (tertiary/aromatic N) is 3. The molecular formula is C30H34ClKN4O-2. The van der Waals surface area contributed by atoms with Crippen molar-refractivity contribution < 1.29 is 56.2 Å². The third-order valence-electron chi connectivity index (χ3n) is 5.16. The molecule has 1 heterocycles. The molecule has 0 bridgehead atoms. The number of pyridine rings is 1. The van der Waals surface area contributed by atoms with Crippen LogP contribution in [0.15, 0.2) is 85.5 Å². The van der Waals surface area contributed by atoms with E-state index in [1.807, 2.05) is 49.2 Å². The standard InChI is InChI=1S/C29H31ClN4O.CH3.K/c1-7-11-12-22(5)33(6)27(8-2)16-13-23-17-25(20-31-19-23)29(35)32-26-15-14-24(28(30)18-26)21-34(9-3)10-4;;/h7-8,11-12,14-15,17-20H,1,3-5,9-10,21H2,2,6H3,(H,32,35);1H3;/q-2;-1;+1/b12-11-,27-8-;;. The van der Waals surface area contributed by atoms with E-state index in [-0.39, 0.29) is 64.7 Å². The van der Waals surface area contributed by atoms with Gasteiger partial charge in [-0.2, -0.15) is 0 Å². The second kappa shape index (κ2) is 18.3. The second-order valence-electron chi connectivity index (χ2n) is 7.57. The largest absolute Gasteiger partial charge is 1.00 e. The van der Waals surface area contributed by atoms with Crippen LogP contribution in [0.1, 0.15) is 28.4 Å². The molecule has 1 aromatic carbocycles. The maximum atomic E-state index is 12.8. The maximum absolute atomic E-state index is 12.8. The van der Waals surface area contributed by atoms with Gasteiger partial charge in [-0.15, -0.1) is 13.1 Å². The third kappa shape index (κ3) is 11.1. The van der Waals surface area contributed by atoms with Crippen LogP contribution in [0.4, 0.5) is 5.69 Å². The summed E-state index contributed by atoms with van der Waals surface area (Å²) in [5.41, 5.74) is 4.10. The summed E-state index contributed by atoms with van der Waals surface area (Å²) in [5.74, 6) is 5.88. The Kier molecular flexibility index (Phi) is 17.4. The fourth-order valence-electron chi connectivity index (χ4n) is 3.03. The van der Waals surface area contributed by atoms with Crippen LogP contribution in [0.25, 0.3) is 0 Å². The van der Waals surface area contributed by atoms with E-state index in [9.17, 15) is 4.79 Å². The molecule has 0 aliphatic heterocycles. The smallest absolute Gasteiger partial charge is 0.359 e. The Morgan fingerprint density at radius 1 is 1.24 bits per heavy atom. The molecular weight excluding hydrogens is 507 g/mol. The first kappa shape index (κ1) is 35.0. The number of likely N-dealkylation sites (N-methyl/N-ethyl adjacent to an activating group) is 1. The summed E-state index contributed by atoms with van der Waals surface area (Å²) >= 11 is 6.43. The van der Waals surface area contributed by atoms with Gasteiger partial charge in [-0.25, -0.2) is 0 Å². The molecule has 190 valence electrons. The number of carbonyl (C=O) groups is 1. The molecule has 0 aliphatic rings. The first-order valence-electron chi connectivity index (χ1n) is 11.1. The van der Waals surface area contributed by atoms with E-state index >= 15 is 0 Å². The molecule has 0 radical (unpaired) electrons. The zero-order chi connectivity index (χ0) is 25.8. The summed E-state index contributed by atoms with van der Waals surface area (Å²) in [7, 11) is 1.88. The average Bonchev–Trinajstić information content (AvgIpc) is 2.87. The van der Waals surface area contributed by atoms with Gasteiger partial charge in [0, 0.05) is 48.0 Å². The minimum atomic E-state index is -0.298. The number of rotatable bonds is 10. The van der Waals surface area contributed by atoms with Crippen LogP contribution in [0.5, 0.6) is 0 Å². The van der Waals surface area contributed by atoms with Gasteiger partial charge in [-0.1, -0.05) is 55.0 Å². The van der Waals surface area contributed by atoms with Crippen molar-refractivity contribution in [3.8, 4) is 11.8 Å². The molecule has 0 saturated carbocycles. The Morgan fingerprint density at radius 3 is 2.54 bits per heavy atom. The molecule has 7 heteroatoms. The average molecular weight is 541 g/mol. The van der Waals surface area contributed by atoms with E-state index < -0.39 is 0 Å². The van der Waals surface area contributed by atoms with Gasteiger partial charge in [-0.3, -0.25) is 9.78 Å². The van der Waals surface area contributed by atoms with Crippen molar-refractivity contribution in [1.29, 1.82) is 0 Å². The van der Waals surface area contributed by atoms with Crippen LogP contribution < -0.4 is 56.7 Å². The summed E-state index contributed by atoms with van der Waals surface area (Å²) in [6.07, 6.45) is 10.4. The van der Waals surface area contributed by atoms with E-state index in [2.05, 4.69) is 54.0 Å². The van der Waals surface area contributed by atoms with Gasteiger partial charge in [0.1, 0.15) is 0 Å². The Balaban J connectivity index is 0.00000648. The Hall–Kier alpha value is -1.95. The molecule has 2 rings (SSSR count). The Morgan fingerprint density at radius 2 is 1.95 bits per heavy atom. The first-order chi connectivity index (χ1) is 16.8. The van der Waals surface area contributed by atoms with E-state index in [0.717, 1.165) is 17.0 Å². The van der Waals surface area contributed by atoms with Crippen LogP contribution in [0.2, 0.25) is 5.02 Å². The number of nitrogens with one attached hydrogen (secondary N) is 1. The normalized spacial score (nSPS) is 10.6. The van der Waals surface area contributed by atoms with Crippen molar-refractivity contribution in [2.75, 3.05) is 25.5 Å². The van der Waals surface area contributed by atoms with E-state index in [0.29, 0.717) is 41.5 Å². The number of carbonyl (C=O) groups excluding carboxylic acids is 1. The fourth-order valence-corrected chi connectivity index (χ4v) is 3.27. The van der Waals surface area contributed by atoms with Crippen molar-refractivity contribution >= 4 is 23.2 Å². The van der Waals surface area contributed by atoms with Crippen LogP contribution in [0, 0.1) is 33.1 Å². The molecule has 0 fully saturated rings. The topological polar surface area (TPSA) is 48.5 Å². The van der Waals surface area contributed by atoms with Gasteiger partial charge in [0.15, 0.2) is 0 Å². The summed E-state index contributed by atoms with van der Waals surface area (Å²) in [5, 5.41) is 3.44. The number of amides is 1. The molecule has 37 heavy (non-hydrogen) atoms. The SMILES string of the molecule is C=C/C=C\C(=C)N(C)/C(C#Cc1cncc(C(=O)Nc2ccc(CN(C[CH2-])C[CH2-])c(Cl)c2)c1)=C\C.[CH3-].[K+]. The number of benzene rings is 1. The van der Waals surface area contributed by atoms with Crippen LogP contribution >= 0.6 is 11.6 Å². The van der Waals surface area contributed by atoms with E-state index in [1.54, 1.807) is 24.4 Å². The van der Waals surface area contributed by atoms with Crippen molar-refractivity contribution in [2.45, 2.75) is 13.5 Å². The maximum Gasteiger partial charge on any atom is 1.00 e. The number of hydrogen-bond acceptors (Lipinski definition) is 4. The third-order valence-corrected chi connectivity index (χ3v) is 5.51. The summed E-state index contributed by atoms with van der Waals surface area (Å²) < 4.78 is 0. The zero-order valence-electron chi connectivity index (χ0n) is 22.4. The molecule has 1 aromatic heterocycles. The van der Waals surface area contributed by atoms with Gasteiger partial charge >= 0.3 is 51.4 Å². The van der Waals surface area contributed by atoms with Crippen LogP contribution in [0.3, 0.4) is 0 Å². The van der Waals surface area contributed by atoms with Crippen LogP contribution in [-0.4, -0.2) is 40.8 Å². The number of allylic oxidation sites excluding steroid dienone is 5. The number of hydrogen-bond donors (Lipinski definition) is 1. The minimum Gasteiger partial charge on any atom is -0.359 e. The molecule has 0 spiro atoms. The van der Waals surface area contributed by atoms with Crippen molar-refractivity contribution in [2.24, 2.45) is 0 Å². The Bertz CT molecular complexity index is 1190. The molecule has 2 aromatic rings. The minimum absolute atomic E-state index is 0. The summed E-state index contributed by atoms with van der Waals surface area (Å²) in [6.45, 7) is 19.3. The number of anilines is 1. The number of aromatic nitrogens is 1. The first-order valence-corrected chi connectivity index (χ1v) is 11.5. The molecule has 0 aliphatic carbocycles. The van der Waals surface area contributed by atoms with Crippen molar-refractivity contribution in [3.63, 3.8) is 0 Å². The van der Waals surface area contributed by atoms with Gasteiger partial charge in [-0.05, 0) is 42.7 Å². The summed E-state index contributed by atoms with van der Waals surface area (Å²) in [4.78, 5) is 20.9. The van der Waals surface area contributed by atoms with Gasteiger partial charge in [0.25, 0.3) is 5.91 Å². The molecule has 0 unspecified atom stereocenters. The van der Waals surface area contributed by atoms with Crippen LogP contribution in [-0.2, 0) is 6.54 Å². The summed E-state index contributed by atoms with van der Waals surface area (Å²) in [6, 6.07) is 7.15. The van der Waals surface area contributed by atoms with Gasteiger partial charge in [0.2, 0.25) is 0 Å². The molecule has 1 amide bonds. The molecule has 5 nitrogen and oxygen atoms in total. The zero-order valence-corrected chi connectivity index (χ0v) is 26.2. The van der Waals surface area contributed by atoms with Gasteiger partial charge in [0.05, 0.1) is 11.3 Å². The van der Waals surface area contributed by atoms with E-state index in [4.69, 9.17) is 11.6 Å². The second-order valence-corrected chi connectivity index (χ2v) is 7.98. The van der Waals surface area contributed by atoms with Crippen molar-refractivity contribution in [1.82, 2.24) is 14.8 Å². The van der Waals surface area contributed by atoms with Crippen molar-refractivity contribution in [3.05, 3.63) is 129 Å². The molecule has 0 saturated heterocycles. The number of halogens is 1. The van der Waals surface area contributed by atoms with E-state index in [1.165, 1.54) is 6.20 Å². The molecule has 1 N–H and O–H groups in total. The predicted molar refractivity (Wildman–Crippen MR) is 153 cm³/mol. The Labute approximate surface area is 270 Å². The predicted octanol–water partition coefficient (Wildman–Crippen LogP) is 3.35. The monoisotopic (exact) mass is 540 g/mol. The molecule has 0 atom stereocenters.